The molecule has 2 amide bonds. The number of halogens is 6. The smallest absolute Gasteiger partial charge is 0.345 e. The standard InChI is InChI=1S/C24H21F6N3O/c1-2-12-33(22(34)31-21-11-4-3-10-20(21)24(28,29)30)16-19-9-6-13-32(19)15-17-7-5-8-18(14-17)23(25,26)27/h2-11,13-14H,1,12,15-16H2,(H,31,34). The van der Waals surface area contributed by atoms with Gasteiger partial charge in [0.2, 0.25) is 0 Å². The summed E-state index contributed by atoms with van der Waals surface area (Å²) < 4.78 is 80.5. The zero-order valence-electron chi connectivity index (χ0n) is 17.8. The van der Waals surface area contributed by atoms with E-state index in [-0.39, 0.29) is 25.3 Å². The second kappa shape index (κ2) is 10.1. The SMILES string of the molecule is C=CCN(Cc1cccn1Cc1cccc(C(F)(F)F)c1)C(=O)Nc1ccccc1C(F)(F)F. The largest absolute Gasteiger partial charge is 0.418 e. The van der Waals surface area contributed by atoms with Gasteiger partial charge in [0.25, 0.3) is 0 Å². The van der Waals surface area contributed by atoms with E-state index in [2.05, 4.69) is 11.9 Å². The monoisotopic (exact) mass is 481 g/mol. The van der Waals surface area contributed by atoms with Gasteiger partial charge >= 0.3 is 18.4 Å². The van der Waals surface area contributed by atoms with Crippen molar-refractivity contribution in [2.45, 2.75) is 25.4 Å². The molecule has 0 atom stereocenters. The molecule has 0 fully saturated rings. The summed E-state index contributed by atoms with van der Waals surface area (Å²) in [4.78, 5) is 14.0. The van der Waals surface area contributed by atoms with Crippen LogP contribution < -0.4 is 5.32 Å². The molecule has 180 valence electrons. The van der Waals surface area contributed by atoms with Gasteiger partial charge in [-0.15, -0.1) is 6.58 Å². The second-order valence-corrected chi connectivity index (χ2v) is 7.47. The lowest BCUT2D eigenvalue weighted by atomic mass is 10.1. The summed E-state index contributed by atoms with van der Waals surface area (Å²) in [5.74, 6) is 0. The molecule has 3 aromatic rings. The van der Waals surface area contributed by atoms with E-state index in [1.54, 1.807) is 29.0 Å². The molecule has 0 spiro atoms. The molecule has 1 aromatic heterocycles. The molecule has 0 saturated carbocycles. The predicted octanol–water partition coefficient (Wildman–Crippen LogP) is 6.79. The number of rotatable bonds is 7. The molecule has 3 rings (SSSR count). The third-order valence-electron chi connectivity index (χ3n) is 4.99. The van der Waals surface area contributed by atoms with Gasteiger partial charge in [0.15, 0.2) is 0 Å². The second-order valence-electron chi connectivity index (χ2n) is 7.47. The average Bonchev–Trinajstić information content (AvgIpc) is 3.19. The molecule has 0 aliphatic carbocycles. The third kappa shape index (κ3) is 6.21. The molecule has 0 bridgehead atoms. The highest BCUT2D eigenvalue weighted by atomic mass is 19.4. The molecule has 10 heteroatoms. The van der Waals surface area contributed by atoms with Crippen molar-refractivity contribution in [1.29, 1.82) is 0 Å². The molecule has 0 unspecified atom stereocenters. The number of amides is 2. The van der Waals surface area contributed by atoms with Crippen molar-refractivity contribution in [3.05, 3.63) is 102 Å². The van der Waals surface area contributed by atoms with E-state index in [9.17, 15) is 31.1 Å². The number of benzene rings is 2. The quantitative estimate of drug-likeness (QED) is 0.293. The summed E-state index contributed by atoms with van der Waals surface area (Å²) in [6.45, 7) is 3.74. The van der Waals surface area contributed by atoms with E-state index in [1.807, 2.05) is 0 Å². The summed E-state index contributed by atoms with van der Waals surface area (Å²) in [7, 11) is 0. The summed E-state index contributed by atoms with van der Waals surface area (Å²) in [6.07, 6.45) is -6.04. The lowest BCUT2D eigenvalue weighted by Crippen LogP contribution is -2.35. The first-order valence-electron chi connectivity index (χ1n) is 10.1. The zero-order chi connectivity index (χ0) is 24.9. The Kier molecular flexibility index (Phi) is 7.38. The Morgan fingerprint density at radius 2 is 1.71 bits per heavy atom. The lowest BCUT2D eigenvalue weighted by Gasteiger charge is -2.24. The highest BCUT2D eigenvalue weighted by Gasteiger charge is 2.34. The van der Waals surface area contributed by atoms with Crippen LogP contribution in [-0.2, 0) is 25.4 Å². The van der Waals surface area contributed by atoms with Crippen molar-refractivity contribution in [2.75, 3.05) is 11.9 Å². The number of aromatic nitrogens is 1. The molecular weight excluding hydrogens is 460 g/mol. The van der Waals surface area contributed by atoms with Crippen LogP contribution in [0.4, 0.5) is 36.8 Å². The van der Waals surface area contributed by atoms with Crippen molar-refractivity contribution in [1.82, 2.24) is 9.47 Å². The summed E-state index contributed by atoms with van der Waals surface area (Å²) in [5, 5.41) is 2.29. The normalized spacial score (nSPS) is 11.8. The van der Waals surface area contributed by atoms with Gasteiger partial charge in [-0.05, 0) is 42.0 Å². The van der Waals surface area contributed by atoms with Crippen LogP contribution in [0.5, 0.6) is 0 Å². The number of carbonyl (C=O) groups excluding carboxylic acids is 1. The van der Waals surface area contributed by atoms with Crippen LogP contribution in [0.2, 0.25) is 0 Å². The Hall–Kier alpha value is -3.69. The van der Waals surface area contributed by atoms with Gasteiger partial charge in [0.05, 0.1) is 23.4 Å². The highest BCUT2D eigenvalue weighted by molar-refractivity contribution is 5.90. The first kappa shape index (κ1) is 24.9. The van der Waals surface area contributed by atoms with Gasteiger partial charge in [-0.25, -0.2) is 4.79 Å². The van der Waals surface area contributed by atoms with Crippen LogP contribution in [0, 0.1) is 0 Å². The van der Waals surface area contributed by atoms with E-state index in [0.717, 1.165) is 24.3 Å². The molecular formula is C24H21F6N3O. The maximum absolute atomic E-state index is 13.3. The molecule has 0 radical (unpaired) electrons. The van der Waals surface area contributed by atoms with Crippen LogP contribution in [0.25, 0.3) is 0 Å². The van der Waals surface area contributed by atoms with Gasteiger partial charge in [-0.3, -0.25) is 0 Å². The minimum atomic E-state index is -4.65. The lowest BCUT2D eigenvalue weighted by molar-refractivity contribution is -0.138. The number of alkyl halides is 6. The van der Waals surface area contributed by atoms with Gasteiger partial charge in [0.1, 0.15) is 0 Å². The number of carbonyl (C=O) groups is 1. The number of anilines is 1. The number of hydrogen-bond donors (Lipinski definition) is 1. The molecule has 4 nitrogen and oxygen atoms in total. The summed E-state index contributed by atoms with van der Waals surface area (Å²) >= 11 is 0. The molecule has 0 aliphatic rings. The van der Waals surface area contributed by atoms with E-state index < -0.39 is 29.5 Å². The van der Waals surface area contributed by atoms with Gasteiger partial charge in [0, 0.05) is 25.0 Å². The van der Waals surface area contributed by atoms with E-state index >= 15 is 0 Å². The maximum atomic E-state index is 13.3. The number of nitrogens with one attached hydrogen (secondary N) is 1. The first-order chi connectivity index (χ1) is 16.0. The number of hydrogen-bond acceptors (Lipinski definition) is 1. The molecule has 0 aliphatic heterocycles. The Balaban J connectivity index is 1.79. The van der Waals surface area contributed by atoms with Crippen LogP contribution in [-0.4, -0.2) is 22.0 Å². The first-order valence-corrected chi connectivity index (χ1v) is 10.1. The highest BCUT2D eigenvalue weighted by Crippen LogP contribution is 2.34. The topological polar surface area (TPSA) is 37.3 Å². The Labute approximate surface area is 192 Å². The van der Waals surface area contributed by atoms with Crippen molar-refractivity contribution in [3.8, 4) is 0 Å². The maximum Gasteiger partial charge on any atom is 0.418 e. The minimum Gasteiger partial charge on any atom is -0.345 e. The van der Waals surface area contributed by atoms with Crippen LogP contribution in [0.15, 0.2) is 79.5 Å². The van der Waals surface area contributed by atoms with E-state index in [4.69, 9.17) is 0 Å². The van der Waals surface area contributed by atoms with Crippen LogP contribution in [0.1, 0.15) is 22.4 Å². The Morgan fingerprint density at radius 1 is 0.971 bits per heavy atom. The zero-order valence-corrected chi connectivity index (χ0v) is 17.8. The van der Waals surface area contributed by atoms with Crippen molar-refractivity contribution in [3.63, 3.8) is 0 Å². The molecule has 0 saturated heterocycles. The van der Waals surface area contributed by atoms with Crippen molar-refractivity contribution in [2.24, 2.45) is 0 Å². The summed E-state index contributed by atoms with van der Waals surface area (Å²) in [6, 6.07) is 12.1. The number of urea groups is 1. The number of nitrogens with zero attached hydrogens (tertiary/aromatic N) is 2. The fourth-order valence-electron chi connectivity index (χ4n) is 3.39. The van der Waals surface area contributed by atoms with E-state index in [0.29, 0.717) is 11.3 Å². The molecule has 1 N–H and O–H groups in total. The van der Waals surface area contributed by atoms with Gasteiger partial charge in [-0.2, -0.15) is 26.3 Å². The predicted molar refractivity (Wildman–Crippen MR) is 116 cm³/mol. The van der Waals surface area contributed by atoms with Gasteiger partial charge in [-0.1, -0.05) is 30.3 Å². The Bertz CT molecular complexity index is 1150. The number of para-hydroxylation sites is 1. The van der Waals surface area contributed by atoms with Crippen LogP contribution in [0.3, 0.4) is 0 Å². The molecule has 2 aromatic carbocycles. The van der Waals surface area contributed by atoms with Crippen LogP contribution >= 0.6 is 0 Å². The third-order valence-corrected chi connectivity index (χ3v) is 4.99. The van der Waals surface area contributed by atoms with Crippen molar-refractivity contribution >= 4 is 11.7 Å². The average molecular weight is 481 g/mol. The fraction of sp³-hybridized carbons (Fsp3) is 0.208. The fourth-order valence-corrected chi connectivity index (χ4v) is 3.39. The Morgan fingerprint density at radius 3 is 2.38 bits per heavy atom. The van der Waals surface area contributed by atoms with Crippen molar-refractivity contribution < 1.29 is 31.1 Å². The van der Waals surface area contributed by atoms with E-state index in [1.165, 1.54) is 29.2 Å². The molecule has 34 heavy (non-hydrogen) atoms. The van der Waals surface area contributed by atoms with Gasteiger partial charge < -0.3 is 14.8 Å². The molecule has 1 heterocycles. The summed E-state index contributed by atoms with van der Waals surface area (Å²) in [5.41, 5.74) is -1.14. The minimum absolute atomic E-state index is 0.00198.